The molecule has 0 radical (unpaired) electrons. The van der Waals surface area contributed by atoms with E-state index in [-0.39, 0.29) is 41.4 Å². The largest absolute Gasteiger partial charge is 0.444 e. The molecule has 13 heteroatoms. The van der Waals surface area contributed by atoms with Gasteiger partial charge in [0.1, 0.15) is 11.4 Å². The van der Waals surface area contributed by atoms with Crippen molar-refractivity contribution in [3.05, 3.63) is 75.5 Å². The van der Waals surface area contributed by atoms with Gasteiger partial charge in [-0.2, -0.15) is 5.10 Å². The Bertz CT molecular complexity index is 1840. The molecule has 7 rings (SSSR count). The molecule has 272 valence electrons. The molecular formula is C38H47FN6O6. The number of fused-ring (bicyclic) bond motifs is 3. The van der Waals surface area contributed by atoms with Crippen molar-refractivity contribution in [1.82, 2.24) is 29.8 Å². The number of aromatic nitrogens is 2. The van der Waals surface area contributed by atoms with E-state index in [1.807, 2.05) is 37.8 Å². The van der Waals surface area contributed by atoms with Crippen molar-refractivity contribution in [3.8, 4) is 0 Å². The Hall–Kier alpha value is -4.36. The lowest BCUT2D eigenvalue weighted by molar-refractivity contribution is -0.135. The zero-order chi connectivity index (χ0) is 35.9. The Morgan fingerprint density at radius 2 is 1.65 bits per heavy atom. The smallest absolute Gasteiger partial charge is 0.410 e. The Morgan fingerprint density at radius 3 is 2.33 bits per heavy atom. The number of aromatic amines is 1. The molecule has 3 aromatic rings. The number of ether oxygens (including phenoxy) is 2. The first-order valence-electron chi connectivity index (χ1n) is 18.1. The molecule has 1 aromatic heterocycles. The highest BCUT2D eigenvalue weighted by Gasteiger charge is 2.49. The third-order valence-electron chi connectivity index (χ3n) is 10.7. The van der Waals surface area contributed by atoms with Gasteiger partial charge in [-0.1, -0.05) is 24.3 Å². The zero-order valence-electron chi connectivity index (χ0n) is 29.6. The summed E-state index contributed by atoms with van der Waals surface area (Å²) in [4.78, 5) is 58.9. The number of piperidine rings is 2. The number of H-pyrrole nitrogens is 1. The van der Waals surface area contributed by atoms with Crippen LogP contribution in [-0.4, -0.2) is 124 Å². The van der Waals surface area contributed by atoms with E-state index in [2.05, 4.69) is 15.1 Å². The average molecular weight is 703 g/mol. The molecule has 3 saturated heterocycles. The SMILES string of the molecule is CC(C)(C)OC(=O)N1CC2CC1CC2OC1CCN(CC(=O)N2CCN(C(=O)c3cc(Cc4n[nH]c(=O)c5ccccc45)ccc3F)CC2)CC1. The van der Waals surface area contributed by atoms with Crippen LogP contribution >= 0.6 is 0 Å². The lowest BCUT2D eigenvalue weighted by Gasteiger charge is -2.38. The first-order valence-corrected chi connectivity index (χ1v) is 18.1. The van der Waals surface area contributed by atoms with E-state index in [9.17, 15) is 23.6 Å². The number of nitrogens with one attached hydrogen (secondary N) is 1. The van der Waals surface area contributed by atoms with Crippen molar-refractivity contribution in [3.63, 3.8) is 0 Å². The Kier molecular flexibility index (Phi) is 9.86. The standard InChI is InChI=1S/C38H47FN6O6/c1-38(2,3)51-37(49)45-22-25-20-26(45)21-33(25)50-27-10-12-42(13-11-27)23-34(46)43-14-16-44(17-15-43)36(48)30-18-24(8-9-31(30)39)19-32-28-6-4-5-7-29(28)35(47)41-40-32/h4-9,18,25-27,33H,10-17,19-23H2,1-3H3,(H,41,47). The number of hydrogen-bond acceptors (Lipinski definition) is 8. The first-order chi connectivity index (χ1) is 24.4. The second kappa shape index (κ2) is 14.3. The summed E-state index contributed by atoms with van der Waals surface area (Å²) >= 11 is 0. The third-order valence-corrected chi connectivity index (χ3v) is 10.7. The maximum absolute atomic E-state index is 15.0. The van der Waals surface area contributed by atoms with Crippen LogP contribution in [0.15, 0.2) is 47.3 Å². The number of halogens is 1. The number of piperazine rings is 1. The molecule has 12 nitrogen and oxygen atoms in total. The van der Waals surface area contributed by atoms with Crippen molar-refractivity contribution >= 4 is 28.7 Å². The van der Waals surface area contributed by atoms with Gasteiger partial charge in [-0.15, -0.1) is 0 Å². The van der Waals surface area contributed by atoms with Gasteiger partial charge in [0.25, 0.3) is 11.5 Å². The van der Waals surface area contributed by atoms with Crippen LogP contribution in [0, 0.1) is 11.7 Å². The lowest BCUT2D eigenvalue weighted by atomic mass is 10.0. The quantitative estimate of drug-likeness (QED) is 0.394. The molecule has 0 spiro atoms. The van der Waals surface area contributed by atoms with Crippen molar-refractivity contribution in [2.75, 3.05) is 52.4 Å². The van der Waals surface area contributed by atoms with E-state index >= 15 is 0 Å². The van der Waals surface area contributed by atoms with E-state index in [0.717, 1.165) is 38.8 Å². The summed E-state index contributed by atoms with van der Waals surface area (Å²) in [7, 11) is 0. The molecule has 4 aliphatic rings. The van der Waals surface area contributed by atoms with Gasteiger partial charge in [-0.25, -0.2) is 14.3 Å². The Balaban J connectivity index is 0.854. The molecular weight excluding hydrogens is 655 g/mol. The van der Waals surface area contributed by atoms with Gasteiger partial charge in [0, 0.05) is 69.6 Å². The van der Waals surface area contributed by atoms with Crippen LogP contribution in [0.4, 0.5) is 9.18 Å². The molecule has 4 fully saturated rings. The molecule has 1 aliphatic carbocycles. The lowest BCUT2D eigenvalue weighted by Crippen LogP contribution is -2.53. The normalized spacial score (nSPS) is 22.9. The van der Waals surface area contributed by atoms with Crippen LogP contribution in [0.2, 0.25) is 0 Å². The fourth-order valence-electron chi connectivity index (χ4n) is 8.03. The van der Waals surface area contributed by atoms with Crippen LogP contribution in [0.3, 0.4) is 0 Å². The van der Waals surface area contributed by atoms with Crippen LogP contribution in [0.25, 0.3) is 10.8 Å². The summed E-state index contributed by atoms with van der Waals surface area (Å²) in [6, 6.07) is 11.8. The molecule has 1 N–H and O–H groups in total. The topological polar surface area (TPSA) is 128 Å². The van der Waals surface area contributed by atoms with E-state index in [0.29, 0.717) is 73.6 Å². The predicted molar refractivity (Wildman–Crippen MR) is 188 cm³/mol. The fraction of sp³-hybridized carbons (Fsp3) is 0.553. The van der Waals surface area contributed by atoms with Gasteiger partial charge in [0.15, 0.2) is 0 Å². The second-order valence-corrected chi connectivity index (χ2v) is 15.4. The van der Waals surface area contributed by atoms with Crippen molar-refractivity contribution in [2.45, 2.75) is 76.7 Å². The number of carbonyl (C=O) groups excluding carboxylic acids is 3. The van der Waals surface area contributed by atoms with E-state index in [4.69, 9.17) is 9.47 Å². The zero-order valence-corrected chi connectivity index (χ0v) is 29.6. The van der Waals surface area contributed by atoms with Gasteiger partial charge in [0.2, 0.25) is 5.91 Å². The summed E-state index contributed by atoms with van der Waals surface area (Å²) < 4.78 is 27.1. The number of likely N-dealkylation sites (tertiary alicyclic amines) is 2. The second-order valence-electron chi connectivity index (χ2n) is 15.4. The summed E-state index contributed by atoms with van der Waals surface area (Å²) in [5, 5.41) is 7.97. The minimum Gasteiger partial charge on any atom is -0.444 e. The van der Waals surface area contributed by atoms with Crippen molar-refractivity contribution in [1.29, 1.82) is 0 Å². The summed E-state index contributed by atoms with van der Waals surface area (Å²) in [6.45, 7) is 9.66. The number of rotatable bonds is 7. The highest BCUT2D eigenvalue weighted by atomic mass is 19.1. The van der Waals surface area contributed by atoms with Gasteiger partial charge in [-0.3, -0.25) is 19.3 Å². The van der Waals surface area contributed by atoms with Crippen LogP contribution in [-0.2, 0) is 20.7 Å². The average Bonchev–Trinajstić information content (AvgIpc) is 3.71. The number of hydrogen-bond donors (Lipinski definition) is 1. The molecule has 3 atom stereocenters. The minimum atomic E-state index is -0.600. The Labute approximate surface area is 296 Å². The number of carbonyl (C=O) groups is 3. The summed E-state index contributed by atoms with van der Waals surface area (Å²) in [6.07, 6.45) is 3.93. The van der Waals surface area contributed by atoms with Crippen molar-refractivity contribution in [2.24, 2.45) is 5.92 Å². The maximum atomic E-state index is 15.0. The van der Waals surface area contributed by atoms with Crippen LogP contribution < -0.4 is 5.56 Å². The molecule has 3 amide bonds. The Morgan fingerprint density at radius 1 is 0.941 bits per heavy atom. The maximum Gasteiger partial charge on any atom is 0.410 e. The fourth-order valence-corrected chi connectivity index (χ4v) is 8.03. The van der Waals surface area contributed by atoms with Crippen molar-refractivity contribution < 1.29 is 28.2 Å². The number of benzene rings is 2. The number of nitrogens with zero attached hydrogens (tertiary/aromatic N) is 5. The number of amides is 3. The van der Waals surface area contributed by atoms with Crippen LogP contribution in [0.5, 0.6) is 0 Å². The van der Waals surface area contributed by atoms with Gasteiger partial charge >= 0.3 is 6.09 Å². The third kappa shape index (κ3) is 7.79. The molecule has 51 heavy (non-hydrogen) atoms. The van der Waals surface area contributed by atoms with E-state index < -0.39 is 17.3 Å². The molecule has 3 unspecified atom stereocenters. The minimum absolute atomic E-state index is 0.0168. The molecule has 2 bridgehead atoms. The molecule has 3 aliphatic heterocycles. The van der Waals surface area contributed by atoms with E-state index in [1.165, 1.54) is 6.07 Å². The summed E-state index contributed by atoms with van der Waals surface area (Å²) in [5.41, 5.74) is 0.534. The molecule has 4 heterocycles. The highest BCUT2D eigenvalue weighted by Crippen LogP contribution is 2.41. The monoisotopic (exact) mass is 702 g/mol. The highest BCUT2D eigenvalue weighted by molar-refractivity contribution is 5.95. The summed E-state index contributed by atoms with van der Waals surface area (Å²) in [5.74, 6) is -0.632. The van der Waals surface area contributed by atoms with E-state index in [1.54, 1.807) is 34.1 Å². The molecule has 2 aromatic carbocycles. The van der Waals surface area contributed by atoms with Gasteiger partial charge < -0.3 is 24.2 Å². The van der Waals surface area contributed by atoms with Gasteiger partial charge in [0.05, 0.1) is 35.4 Å². The first kappa shape index (κ1) is 35.1. The molecule has 1 saturated carbocycles. The van der Waals surface area contributed by atoms with Gasteiger partial charge in [-0.05, 0) is 70.2 Å². The van der Waals surface area contributed by atoms with Crippen LogP contribution in [0.1, 0.15) is 68.1 Å². The predicted octanol–water partition coefficient (Wildman–Crippen LogP) is 3.82.